The first-order valence-electron chi connectivity index (χ1n) is 9.73. The number of piperidine rings is 1. The second-order valence-electron chi connectivity index (χ2n) is 7.26. The summed E-state index contributed by atoms with van der Waals surface area (Å²) in [6.45, 7) is 3.94. The first kappa shape index (κ1) is 18.2. The molecule has 0 bridgehead atoms. The van der Waals surface area contributed by atoms with E-state index < -0.39 is 0 Å². The molecule has 2 amide bonds. The van der Waals surface area contributed by atoms with Gasteiger partial charge in [-0.1, -0.05) is 35.9 Å². The third-order valence-electron chi connectivity index (χ3n) is 5.17. The number of hydrogen-bond donors (Lipinski definition) is 1. The Morgan fingerprint density at radius 1 is 1.04 bits per heavy atom. The summed E-state index contributed by atoms with van der Waals surface area (Å²) in [5.41, 5.74) is 3.21. The fraction of sp³-hybridized carbons (Fsp3) is 0.318. The number of hydrogen-bond acceptors (Lipinski definition) is 3. The molecular weight excluding hydrogens is 352 g/mol. The minimum atomic E-state index is -0.292. The molecule has 0 atom stereocenters. The van der Waals surface area contributed by atoms with Gasteiger partial charge in [0.25, 0.3) is 11.8 Å². The van der Waals surface area contributed by atoms with E-state index in [1.54, 1.807) is 10.6 Å². The lowest BCUT2D eigenvalue weighted by molar-refractivity contribution is 0.0721. The zero-order valence-corrected chi connectivity index (χ0v) is 16.0. The number of nitrogens with zero attached hydrogens (tertiary/aromatic N) is 3. The predicted octanol–water partition coefficient (Wildman–Crippen LogP) is 3.20. The van der Waals surface area contributed by atoms with Gasteiger partial charge in [-0.2, -0.15) is 0 Å². The van der Waals surface area contributed by atoms with E-state index in [2.05, 4.69) is 10.3 Å². The van der Waals surface area contributed by atoms with Crippen LogP contribution in [0.4, 0.5) is 0 Å². The van der Waals surface area contributed by atoms with Crippen molar-refractivity contribution < 1.29 is 9.59 Å². The van der Waals surface area contributed by atoms with Crippen LogP contribution in [0, 0.1) is 6.92 Å². The molecule has 28 heavy (non-hydrogen) atoms. The van der Waals surface area contributed by atoms with Crippen molar-refractivity contribution in [3.05, 3.63) is 71.3 Å². The SMILES string of the molecule is Cc1ccc(CNC(=O)c2nc(C(=O)N3CCCCC3)c3ccccn23)cc1. The number of nitrogens with one attached hydrogen (secondary N) is 1. The smallest absolute Gasteiger partial charge is 0.287 e. The second-order valence-corrected chi connectivity index (χ2v) is 7.26. The number of aryl methyl sites for hydroxylation is 1. The average molecular weight is 376 g/mol. The zero-order chi connectivity index (χ0) is 19.5. The lowest BCUT2D eigenvalue weighted by Crippen LogP contribution is -2.36. The van der Waals surface area contributed by atoms with Crippen LogP contribution in [-0.2, 0) is 6.54 Å². The maximum Gasteiger partial charge on any atom is 0.287 e. The van der Waals surface area contributed by atoms with E-state index in [-0.39, 0.29) is 17.6 Å². The van der Waals surface area contributed by atoms with Crippen molar-refractivity contribution in [3.8, 4) is 0 Å². The molecule has 6 heteroatoms. The molecule has 0 radical (unpaired) electrons. The topological polar surface area (TPSA) is 66.7 Å². The molecule has 3 heterocycles. The number of fused-ring (bicyclic) bond motifs is 1. The zero-order valence-electron chi connectivity index (χ0n) is 16.0. The average Bonchev–Trinajstić information content (AvgIpc) is 3.13. The predicted molar refractivity (Wildman–Crippen MR) is 107 cm³/mol. The van der Waals surface area contributed by atoms with Gasteiger partial charge in [-0.25, -0.2) is 4.98 Å². The summed E-state index contributed by atoms with van der Waals surface area (Å²) >= 11 is 0. The lowest BCUT2D eigenvalue weighted by atomic mass is 10.1. The van der Waals surface area contributed by atoms with Crippen molar-refractivity contribution in [2.75, 3.05) is 13.1 Å². The Hall–Kier alpha value is -3.15. The minimum Gasteiger partial charge on any atom is -0.345 e. The Labute approximate surface area is 164 Å². The molecule has 0 unspecified atom stereocenters. The van der Waals surface area contributed by atoms with Crippen LogP contribution in [0.5, 0.6) is 0 Å². The summed E-state index contributed by atoms with van der Waals surface area (Å²) in [6, 6.07) is 13.5. The van der Waals surface area contributed by atoms with Gasteiger partial charge in [-0.3, -0.25) is 14.0 Å². The quantitative estimate of drug-likeness (QED) is 0.760. The van der Waals surface area contributed by atoms with Crippen LogP contribution in [0.3, 0.4) is 0 Å². The van der Waals surface area contributed by atoms with Crippen LogP contribution < -0.4 is 5.32 Å². The normalized spacial score (nSPS) is 14.2. The van der Waals surface area contributed by atoms with E-state index in [0.717, 1.165) is 37.9 Å². The van der Waals surface area contributed by atoms with E-state index in [1.807, 2.05) is 54.3 Å². The van der Waals surface area contributed by atoms with Crippen LogP contribution in [-0.4, -0.2) is 39.2 Å². The van der Waals surface area contributed by atoms with E-state index in [0.29, 0.717) is 17.8 Å². The van der Waals surface area contributed by atoms with Gasteiger partial charge in [0.2, 0.25) is 5.82 Å². The third kappa shape index (κ3) is 3.63. The van der Waals surface area contributed by atoms with Gasteiger partial charge in [0.05, 0.1) is 5.52 Å². The van der Waals surface area contributed by atoms with Crippen LogP contribution >= 0.6 is 0 Å². The van der Waals surface area contributed by atoms with Gasteiger partial charge < -0.3 is 10.2 Å². The molecule has 1 aliphatic rings. The monoisotopic (exact) mass is 376 g/mol. The fourth-order valence-electron chi connectivity index (χ4n) is 3.57. The highest BCUT2D eigenvalue weighted by Crippen LogP contribution is 2.18. The van der Waals surface area contributed by atoms with Crippen LogP contribution in [0.25, 0.3) is 5.52 Å². The second kappa shape index (κ2) is 7.84. The summed E-state index contributed by atoms with van der Waals surface area (Å²) in [4.78, 5) is 32.1. The molecule has 3 aromatic rings. The van der Waals surface area contributed by atoms with Gasteiger partial charge >= 0.3 is 0 Å². The Kier molecular flexibility index (Phi) is 5.10. The Morgan fingerprint density at radius 3 is 2.54 bits per heavy atom. The first-order valence-corrected chi connectivity index (χ1v) is 9.73. The van der Waals surface area contributed by atoms with Gasteiger partial charge in [-0.05, 0) is 43.9 Å². The highest BCUT2D eigenvalue weighted by atomic mass is 16.2. The number of rotatable bonds is 4. The van der Waals surface area contributed by atoms with Crippen molar-refractivity contribution in [1.82, 2.24) is 19.6 Å². The van der Waals surface area contributed by atoms with Crippen molar-refractivity contribution in [2.24, 2.45) is 0 Å². The molecule has 1 N–H and O–H groups in total. The van der Waals surface area contributed by atoms with E-state index in [1.165, 1.54) is 5.56 Å². The van der Waals surface area contributed by atoms with Crippen molar-refractivity contribution in [1.29, 1.82) is 0 Å². The molecule has 0 saturated carbocycles. The Bertz CT molecular complexity index is 1000. The van der Waals surface area contributed by atoms with E-state index >= 15 is 0 Å². The molecule has 144 valence electrons. The molecule has 1 fully saturated rings. The molecule has 1 aliphatic heterocycles. The third-order valence-corrected chi connectivity index (χ3v) is 5.17. The van der Waals surface area contributed by atoms with Crippen LogP contribution in [0.2, 0.25) is 0 Å². The molecule has 2 aromatic heterocycles. The van der Waals surface area contributed by atoms with Crippen molar-refractivity contribution >= 4 is 17.3 Å². The van der Waals surface area contributed by atoms with E-state index in [9.17, 15) is 9.59 Å². The molecule has 0 spiro atoms. The largest absolute Gasteiger partial charge is 0.345 e. The molecule has 6 nitrogen and oxygen atoms in total. The summed E-state index contributed by atoms with van der Waals surface area (Å²) in [5.74, 6) is -0.150. The first-order chi connectivity index (χ1) is 13.6. The number of pyridine rings is 1. The highest BCUT2D eigenvalue weighted by molar-refractivity contribution is 6.02. The molecule has 1 saturated heterocycles. The number of likely N-dealkylation sites (tertiary alicyclic amines) is 1. The highest BCUT2D eigenvalue weighted by Gasteiger charge is 2.25. The Balaban J connectivity index is 1.59. The molecule has 4 rings (SSSR count). The van der Waals surface area contributed by atoms with Crippen LogP contribution in [0.15, 0.2) is 48.7 Å². The molecular formula is C22H24N4O2. The Morgan fingerprint density at radius 2 is 1.79 bits per heavy atom. The van der Waals surface area contributed by atoms with Crippen molar-refractivity contribution in [2.45, 2.75) is 32.7 Å². The van der Waals surface area contributed by atoms with Crippen molar-refractivity contribution in [3.63, 3.8) is 0 Å². The summed E-state index contributed by atoms with van der Waals surface area (Å²) in [6.07, 6.45) is 4.96. The molecule has 0 aliphatic carbocycles. The standard InChI is InChI=1S/C22H24N4O2/c1-16-8-10-17(11-9-16)15-23-21(27)20-24-19(18-7-3-6-14-26(18)20)22(28)25-12-4-2-5-13-25/h3,6-11,14H,2,4-5,12-13,15H2,1H3,(H,23,27). The number of carbonyl (C=O) groups excluding carboxylic acids is 2. The van der Waals surface area contributed by atoms with Gasteiger partial charge in [0, 0.05) is 25.8 Å². The fourth-order valence-corrected chi connectivity index (χ4v) is 3.57. The van der Waals surface area contributed by atoms with Gasteiger partial charge in [-0.15, -0.1) is 0 Å². The molecule has 1 aromatic carbocycles. The number of carbonyl (C=O) groups is 2. The van der Waals surface area contributed by atoms with E-state index in [4.69, 9.17) is 0 Å². The number of imidazole rings is 1. The van der Waals surface area contributed by atoms with Gasteiger partial charge in [0.15, 0.2) is 5.69 Å². The van der Waals surface area contributed by atoms with Crippen LogP contribution in [0.1, 0.15) is 51.5 Å². The van der Waals surface area contributed by atoms with Gasteiger partial charge in [0.1, 0.15) is 0 Å². The summed E-state index contributed by atoms with van der Waals surface area (Å²) in [5, 5.41) is 2.91. The minimum absolute atomic E-state index is 0.0963. The number of aromatic nitrogens is 2. The lowest BCUT2D eigenvalue weighted by Gasteiger charge is -2.25. The summed E-state index contributed by atoms with van der Waals surface area (Å²) < 4.78 is 1.70. The number of benzene rings is 1. The maximum absolute atomic E-state index is 13.0. The summed E-state index contributed by atoms with van der Waals surface area (Å²) in [7, 11) is 0. The number of amides is 2. The maximum atomic E-state index is 13.0.